The van der Waals surface area contributed by atoms with Crippen molar-refractivity contribution in [1.82, 2.24) is 0 Å². The first kappa shape index (κ1) is 6.66. The van der Waals surface area contributed by atoms with Gasteiger partial charge in [-0.3, -0.25) is 0 Å². The number of hydrogen-bond acceptors (Lipinski definition) is 1. The van der Waals surface area contributed by atoms with Crippen molar-refractivity contribution in [2.75, 3.05) is 0 Å². The van der Waals surface area contributed by atoms with Crippen LogP contribution in [0.3, 0.4) is 0 Å². The van der Waals surface area contributed by atoms with E-state index in [2.05, 4.69) is 6.92 Å². The Morgan fingerprint density at radius 3 is 2.40 bits per heavy atom. The Bertz CT molecular complexity index is 123. The zero-order valence-corrected chi connectivity index (χ0v) is 6.59. The number of aliphatic hydroxyl groups is 1. The van der Waals surface area contributed by atoms with Gasteiger partial charge in [0.15, 0.2) is 0 Å². The molecule has 0 spiro atoms. The highest BCUT2D eigenvalue weighted by Gasteiger charge is 2.47. The Morgan fingerprint density at radius 2 is 1.90 bits per heavy atom. The van der Waals surface area contributed by atoms with E-state index < -0.39 is 0 Å². The molecule has 0 saturated heterocycles. The lowest BCUT2D eigenvalue weighted by molar-refractivity contribution is 0.100. The molecule has 0 aromatic heterocycles. The van der Waals surface area contributed by atoms with Crippen LogP contribution in [-0.4, -0.2) is 11.2 Å². The standard InChI is InChI=1S/C9H16O/c1-2-9(10)8-4-6-3-7(6)5-8/h6-10H,2-5H2,1H3. The summed E-state index contributed by atoms with van der Waals surface area (Å²) in [7, 11) is 0. The summed E-state index contributed by atoms with van der Waals surface area (Å²) in [4.78, 5) is 0. The molecule has 0 aromatic rings. The zero-order valence-electron chi connectivity index (χ0n) is 6.59. The highest BCUT2D eigenvalue weighted by atomic mass is 16.3. The first-order valence-electron chi connectivity index (χ1n) is 4.49. The van der Waals surface area contributed by atoms with Gasteiger partial charge in [-0.25, -0.2) is 0 Å². The van der Waals surface area contributed by atoms with Crippen LogP contribution in [0.1, 0.15) is 32.6 Å². The molecule has 0 bridgehead atoms. The van der Waals surface area contributed by atoms with Gasteiger partial charge < -0.3 is 5.11 Å². The number of rotatable bonds is 2. The van der Waals surface area contributed by atoms with E-state index in [4.69, 9.17) is 0 Å². The molecule has 3 unspecified atom stereocenters. The maximum atomic E-state index is 9.50. The van der Waals surface area contributed by atoms with Gasteiger partial charge >= 0.3 is 0 Å². The molecule has 1 N–H and O–H groups in total. The van der Waals surface area contributed by atoms with Gasteiger partial charge in [0, 0.05) is 0 Å². The fraction of sp³-hybridized carbons (Fsp3) is 1.00. The largest absolute Gasteiger partial charge is 0.393 e. The van der Waals surface area contributed by atoms with Gasteiger partial charge in [-0.2, -0.15) is 0 Å². The molecule has 3 atom stereocenters. The Balaban J connectivity index is 1.84. The van der Waals surface area contributed by atoms with Crippen molar-refractivity contribution in [3.05, 3.63) is 0 Å². The summed E-state index contributed by atoms with van der Waals surface area (Å²) >= 11 is 0. The second-order valence-corrected chi connectivity index (χ2v) is 3.96. The molecule has 0 amide bonds. The number of hydrogen-bond donors (Lipinski definition) is 1. The summed E-state index contributed by atoms with van der Waals surface area (Å²) in [5.41, 5.74) is 0. The lowest BCUT2D eigenvalue weighted by Gasteiger charge is -2.16. The van der Waals surface area contributed by atoms with E-state index in [1.165, 1.54) is 19.3 Å². The van der Waals surface area contributed by atoms with Crippen molar-refractivity contribution >= 4 is 0 Å². The second kappa shape index (κ2) is 2.23. The molecule has 1 heteroatoms. The summed E-state index contributed by atoms with van der Waals surface area (Å²) in [5.74, 6) is 2.70. The van der Waals surface area contributed by atoms with Crippen molar-refractivity contribution in [1.29, 1.82) is 0 Å². The lowest BCUT2D eigenvalue weighted by atomic mass is 9.95. The summed E-state index contributed by atoms with van der Waals surface area (Å²) in [5, 5.41) is 9.50. The first-order valence-corrected chi connectivity index (χ1v) is 4.49. The molecule has 1 nitrogen and oxygen atoms in total. The van der Waals surface area contributed by atoms with Crippen LogP contribution in [0.25, 0.3) is 0 Å². The molecule has 0 radical (unpaired) electrons. The maximum Gasteiger partial charge on any atom is 0.0566 e. The molecule has 2 aliphatic carbocycles. The topological polar surface area (TPSA) is 20.2 Å². The average molecular weight is 140 g/mol. The molecule has 10 heavy (non-hydrogen) atoms. The van der Waals surface area contributed by atoms with Crippen molar-refractivity contribution in [3.8, 4) is 0 Å². The third kappa shape index (κ3) is 0.968. The molecule has 2 saturated carbocycles. The predicted octanol–water partition coefficient (Wildman–Crippen LogP) is 1.80. The fourth-order valence-electron chi connectivity index (χ4n) is 2.41. The van der Waals surface area contributed by atoms with E-state index in [-0.39, 0.29) is 6.10 Å². The minimum absolute atomic E-state index is 0.00722. The normalized spacial score (nSPS) is 46.8. The molecule has 2 rings (SSSR count). The molecule has 0 heterocycles. The average Bonchev–Trinajstić information content (AvgIpc) is 2.57. The Morgan fingerprint density at radius 1 is 1.30 bits per heavy atom. The monoisotopic (exact) mass is 140 g/mol. The van der Waals surface area contributed by atoms with Crippen LogP contribution < -0.4 is 0 Å². The first-order chi connectivity index (χ1) is 4.81. The summed E-state index contributed by atoms with van der Waals surface area (Å²) < 4.78 is 0. The quantitative estimate of drug-likeness (QED) is 0.620. The second-order valence-electron chi connectivity index (χ2n) is 3.96. The van der Waals surface area contributed by atoms with Gasteiger partial charge in [-0.1, -0.05) is 6.92 Å². The molecule has 0 aromatic carbocycles. The molecule has 2 fully saturated rings. The zero-order chi connectivity index (χ0) is 7.14. The lowest BCUT2D eigenvalue weighted by Crippen LogP contribution is -2.17. The highest BCUT2D eigenvalue weighted by molar-refractivity contribution is 4.97. The molecular weight excluding hydrogens is 124 g/mol. The highest BCUT2D eigenvalue weighted by Crippen LogP contribution is 2.55. The summed E-state index contributed by atoms with van der Waals surface area (Å²) in [6, 6.07) is 0. The third-order valence-corrected chi connectivity index (χ3v) is 3.24. The van der Waals surface area contributed by atoms with Crippen LogP contribution in [0, 0.1) is 17.8 Å². The maximum absolute atomic E-state index is 9.50. The van der Waals surface area contributed by atoms with E-state index in [1.807, 2.05) is 0 Å². The molecule has 2 aliphatic rings. The van der Waals surface area contributed by atoms with Gasteiger partial charge in [0.05, 0.1) is 6.10 Å². The van der Waals surface area contributed by atoms with Crippen molar-refractivity contribution in [2.24, 2.45) is 17.8 Å². The van der Waals surface area contributed by atoms with Gasteiger partial charge in [-0.05, 0) is 43.4 Å². The van der Waals surface area contributed by atoms with Crippen LogP contribution in [0.5, 0.6) is 0 Å². The Hall–Kier alpha value is -0.0400. The molecular formula is C9H16O. The number of aliphatic hydroxyl groups excluding tert-OH is 1. The van der Waals surface area contributed by atoms with Crippen molar-refractivity contribution < 1.29 is 5.11 Å². The van der Waals surface area contributed by atoms with Crippen LogP contribution >= 0.6 is 0 Å². The van der Waals surface area contributed by atoms with Crippen LogP contribution in [0.15, 0.2) is 0 Å². The van der Waals surface area contributed by atoms with Gasteiger partial charge in [0.25, 0.3) is 0 Å². The minimum atomic E-state index is 0.00722. The van der Waals surface area contributed by atoms with E-state index in [9.17, 15) is 5.11 Å². The smallest absolute Gasteiger partial charge is 0.0566 e. The van der Waals surface area contributed by atoms with Gasteiger partial charge in [-0.15, -0.1) is 0 Å². The molecule has 0 aliphatic heterocycles. The Kier molecular flexibility index (Phi) is 1.48. The van der Waals surface area contributed by atoms with Crippen molar-refractivity contribution in [3.63, 3.8) is 0 Å². The molecule has 58 valence electrons. The van der Waals surface area contributed by atoms with E-state index >= 15 is 0 Å². The van der Waals surface area contributed by atoms with Crippen LogP contribution in [0.4, 0.5) is 0 Å². The fourth-order valence-corrected chi connectivity index (χ4v) is 2.41. The van der Waals surface area contributed by atoms with E-state index in [0.29, 0.717) is 5.92 Å². The summed E-state index contributed by atoms with van der Waals surface area (Å²) in [6.07, 6.45) is 5.06. The Labute approximate surface area is 62.4 Å². The van der Waals surface area contributed by atoms with Gasteiger partial charge in [0.2, 0.25) is 0 Å². The van der Waals surface area contributed by atoms with E-state index in [1.54, 1.807) is 0 Å². The van der Waals surface area contributed by atoms with Crippen LogP contribution in [-0.2, 0) is 0 Å². The van der Waals surface area contributed by atoms with Crippen molar-refractivity contribution in [2.45, 2.75) is 38.7 Å². The van der Waals surface area contributed by atoms with Gasteiger partial charge in [0.1, 0.15) is 0 Å². The SMILES string of the molecule is CCC(O)C1CC2CC2C1. The predicted molar refractivity (Wildman–Crippen MR) is 40.6 cm³/mol. The summed E-state index contributed by atoms with van der Waals surface area (Å²) in [6.45, 7) is 2.08. The minimum Gasteiger partial charge on any atom is -0.393 e. The van der Waals surface area contributed by atoms with E-state index in [0.717, 1.165) is 18.3 Å². The third-order valence-electron chi connectivity index (χ3n) is 3.24. The van der Waals surface area contributed by atoms with Crippen LogP contribution in [0.2, 0.25) is 0 Å². The number of fused-ring (bicyclic) bond motifs is 1.